The summed E-state index contributed by atoms with van der Waals surface area (Å²) < 4.78 is 31.5. The molecule has 0 aromatic heterocycles. The van der Waals surface area contributed by atoms with Crippen LogP contribution in [0.2, 0.25) is 0 Å². The Labute approximate surface area is 216 Å². The molecule has 36 heavy (non-hydrogen) atoms. The van der Waals surface area contributed by atoms with E-state index in [2.05, 4.69) is 0 Å². The van der Waals surface area contributed by atoms with E-state index in [9.17, 15) is 9.59 Å². The first-order chi connectivity index (χ1) is 16.3. The molecule has 0 saturated heterocycles. The highest BCUT2D eigenvalue weighted by molar-refractivity contribution is 6.06. The van der Waals surface area contributed by atoms with Crippen molar-refractivity contribution in [2.24, 2.45) is 0 Å². The summed E-state index contributed by atoms with van der Waals surface area (Å²) in [6, 6.07) is 6.49. The van der Waals surface area contributed by atoms with Crippen molar-refractivity contribution >= 4 is 30.0 Å². The van der Waals surface area contributed by atoms with E-state index in [1.165, 1.54) is 12.0 Å². The standard InChI is InChI=1S/C26H31FN2O6.ClH/c1-14(2)35-20-10-16-11-29(25(28)22(16)23(27)24(20)33-6)12-18(30)15-7-8-19(34-13-21(31)32)17(9-15)26(3,4)5;/h7-10,14,28H,11-13H2,1-6H3,(H,31,32);1H. The van der Waals surface area contributed by atoms with E-state index in [0.717, 1.165) is 0 Å². The molecule has 10 heteroatoms. The second kappa shape index (κ2) is 11.2. The van der Waals surface area contributed by atoms with Crippen LogP contribution in [0.15, 0.2) is 24.3 Å². The Morgan fingerprint density at radius 1 is 1.19 bits per heavy atom. The molecule has 3 rings (SSSR count). The molecular weight excluding hydrogens is 491 g/mol. The SMILES string of the molecule is COc1c(OC(C)C)cc2c(c1F)C(=N)N(CC(=O)c1ccc(OCC(=O)O)c(C(C)(C)C)c1)C2.Cl. The summed E-state index contributed by atoms with van der Waals surface area (Å²) in [5.74, 6) is -1.56. The lowest BCUT2D eigenvalue weighted by molar-refractivity contribution is -0.139. The number of rotatable bonds is 9. The summed E-state index contributed by atoms with van der Waals surface area (Å²) in [7, 11) is 1.34. The van der Waals surface area contributed by atoms with Crippen LogP contribution in [0.5, 0.6) is 17.2 Å². The van der Waals surface area contributed by atoms with Gasteiger partial charge in [-0.15, -0.1) is 12.4 Å². The number of ether oxygens (including phenoxy) is 3. The Kier molecular flexibility index (Phi) is 8.96. The number of nitrogens with zero attached hydrogens (tertiary/aromatic N) is 1. The number of carbonyl (C=O) groups is 2. The van der Waals surface area contributed by atoms with E-state index in [1.807, 2.05) is 34.6 Å². The van der Waals surface area contributed by atoms with Gasteiger partial charge in [-0.2, -0.15) is 0 Å². The quantitative estimate of drug-likeness (QED) is 0.454. The molecule has 8 nitrogen and oxygen atoms in total. The number of amidine groups is 1. The number of ketones is 1. The third-order valence-corrected chi connectivity index (χ3v) is 5.55. The average Bonchev–Trinajstić information content (AvgIpc) is 3.06. The molecule has 0 fully saturated rings. The van der Waals surface area contributed by atoms with Crippen molar-refractivity contribution in [3.63, 3.8) is 0 Å². The maximum absolute atomic E-state index is 15.2. The first-order valence-corrected chi connectivity index (χ1v) is 11.3. The van der Waals surface area contributed by atoms with Crippen molar-refractivity contribution in [1.82, 2.24) is 4.90 Å². The highest BCUT2D eigenvalue weighted by Crippen LogP contribution is 2.39. The van der Waals surface area contributed by atoms with E-state index < -0.39 is 23.8 Å². The highest BCUT2D eigenvalue weighted by Gasteiger charge is 2.33. The highest BCUT2D eigenvalue weighted by atomic mass is 35.5. The molecule has 0 aliphatic carbocycles. The Balaban J connectivity index is 0.00000456. The molecule has 0 saturated carbocycles. The summed E-state index contributed by atoms with van der Waals surface area (Å²) in [6.45, 7) is 9.01. The number of carbonyl (C=O) groups excluding carboxylic acids is 1. The molecule has 1 aliphatic heterocycles. The molecule has 2 N–H and O–H groups in total. The van der Waals surface area contributed by atoms with Crippen molar-refractivity contribution < 1.29 is 33.3 Å². The Hall–Kier alpha value is -3.33. The number of carboxylic acids is 1. The monoisotopic (exact) mass is 522 g/mol. The van der Waals surface area contributed by atoms with Crippen LogP contribution in [0.25, 0.3) is 0 Å². The maximum Gasteiger partial charge on any atom is 0.341 e. The van der Waals surface area contributed by atoms with Crippen LogP contribution < -0.4 is 14.2 Å². The van der Waals surface area contributed by atoms with E-state index in [0.29, 0.717) is 22.4 Å². The number of nitrogens with one attached hydrogen (secondary N) is 1. The van der Waals surface area contributed by atoms with Crippen LogP contribution in [0.4, 0.5) is 4.39 Å². The first kappa shape index (κ1) is 28.9. The number of methoxy groups -OCH3 is 1. The van der Waals surface area contributed by atoms with Crippen molar-refractivity contribution in [2.75, 3.05) is 20.3 Å². The lowest BCUT2D eigenvalue weighted by atomic mass is 9.85. The molecule has 0 amide bonds. The number of halogens is 2. The predicted molar refractivity (Wildman–Crippen MR) is 136 cm³/mol. The molecule has 1 aliphatic rings. The summed E-state index contributed by atoms with van der Waals surface area (Å²) in [5.41, 5.74) is 1.31. The van der Waals surface area contributed by atoms with Crippen LogP contribution in [0, 0.1) is 11.2 Å². The Bertz CT molecular complexity index is 1180. The zero-order valence-electron chi connectivity index (χ0n) is 21.2. The Morgan fingerprint density at radius 3 is 2.42 bits per heavy atom. The molecule has 0 spiro atoms. The molecule has 0 unspecified atom stereocenters. The van der Waals surface area contributed by atoms with Gasteiger partial charge in [-0.3, -0.25) is 10.2 Å². The number of aliphatic carboxylic acids is 1. The summed E-state index contributed by atoms with van der Waals surface area (Å²) in [4.78, 5) is 25.6. The van der Waals surface area contributed by atoms with Gasteiger partial charge in [-0.05, 0) is 49.1 Å². The molecule has 2 aromatic carbocycles. The molecule has 1 heterocycles. The number of Topliss-reactive ketones (excluding diaryl/α,β-unsaturated/α-hetero) is 1. The minimum atomic E-state index is -1.09. The van der Waals surface area contributed by atoms with E-state index >= 15 is 4.39 Å². The van der Waals surface area contributed by atoms with Crippen molar-refractivity contribution in [3.8, 4) is 17.2 Å². The number of hydrogen-bond donors (Lipinski definition) is 2. The van der Waals surface area contributed by atoms with Gasteiger partial charge >= 0.3 is 5.97 Å². The van der Waals surface area contributed by atoms with Crippen LogP contribution in [-0.4, -0.2) is 54.0 Å². The largest absolute Gasteiger partial charge is 0.490 e. The molecule has 0 atom stereocenters. The number of fused-ring (bicyclic) bond motifs is 1. The van der Waals surface area contributed by atoms with Crippen molar-refractivity contribution in [3.05, 3.63) is 52.3 Å². The lowest BCUT2D eigenvalue weighted by Crippen LogP contribution is -2.30. The third kappa shape index (κ3) is 6.07. The average molecular weight is 523 g/mol. The molecular formula is C26H32ClFN2O6. The molecule has 196 valence electrons. The van der Waals surface area contributed by atoms with Crippen LogP contribution >= 0.6 is 12.4 Å². The fraction of sp³-hybridized carbons (Fsp3) is 0.423. The minimum absolute atomic E-state index is 0. The van der Waals surface area contributed by atoms with Gasteiger partial charge in [0.05, 0.1) is 25.3 Å². The maximum atomic E-state index is 15.2. The van der Waals surface area contributed by atoms with E-state index in [1.54, 1.807) is 24.3 Å². The van der Waals surface area contributed by atoms with Gasteiger partial charge in [0.1, 0.15) is 11.6 Å². The number of benzene rings is 2. The second-order valence-corrected chi connectivity index (χ2v) is 9.69. The molecule has 2 aromatic rings. The first-order valence-electron chi connectivity index (χ1n) is 11.3. The van der Waals surface area contributed by atoms with Crippen LogP contribution in [-0.2, 0) is 16.8 Å². The lowest BCUT2D eigenvalue weighted by Gasteiger charge is -2.24. The third-order valence-electron chi connectivity index (χ3n) is 5.55. The molecule has 0 radical (unpaired) electrons. The Morgan fingerprint density at radius 2 is 1.86 bits per heavy atom. The fourth-order valence-corrected chi connectivity index (χ4v) is 3.97. The van der Waals surface area contributed by atoms with Gasteiger partial charge in [0.15, 0.2) is 29.7 Å². The summed E-state index contributed by atoms with van der Waals surface area (Å²) in [5, 5.41) is 17.4. The predicted octanol–water partition coefficient (Wildman–Crippen LogP) is 4.83. The van der Waals surface area contributed by atoms with Gasteiger partial charge in [0.2, 0.25) is 0 Å². The van der Waals surface area contributed by atoms with Gasteiger partial charge in [0.25, 0.3) is 0 Å². The summed E-state index contributed by atoms with van der Waals surface area (Å²) >= 11 is 0. The van der Waals surface area contributed by atoms with E-state index in [-0.39, 0.29) is 60.3 Å². The van der Waals surface area contributed by atoms with Crippen LogP contribution in [0.1, 0.15) is 61.7 Å². The molecule has 0 bridgehead atoms. The van der Waals surface area contributed by atoms with Gasteiger partial charge in [0, 0.05) is 17.7 Å². The van der Waals surface area contributed by atoms with Gasteiger partial charge < -0.3 is 24.2 Å². The number of carboxylic acid groups (broad SMARTS) is 1. The van der Waals surface area contributed by atoms with Crippen molar-refractivity contribution in [2.45, 2.75) is 52.7 Å². The zero-order valence-corrected chi connectivity index (χ0v) is 22.0. The van der Waals surface area contributed by atoms with Gasteiger partial charge in [-0.25, -0.2) is 9.18 Å². The van der Waals surface area contributed by atoms with Crippen LogP contribution in [0.3, 0.4) is 0 Å². The normalized spacial score (nSPS) is 12.8. The van der Waals surface area contributed by atoms with Crippen molar-refractivity contribution in [1.29, 1.82) is 5.41 Å². The number of hydrogen-bond acceptors (Lipinski definition) is 6. The minimum Gasteiger partial charge on any atom is -0.490 e. The van der Waals surface area contributed by atoms with E-state index in [4.69, 9.17) is 24.7 Å². The topological polar surface area (TPSA) is 109 Å². The zero-order chi connectivity index (χ0) is 26.1. The smallest absolute Gasteiger partial charge is 0.341 e. The summed E-state index contributed by atoms with van der Waals surface area (Å²) in [6.07, 6.45) is -0.195. The second-order valence-electron chi connectivity index (χ2n) is 9.69. The van der Waals surface area contributed by atoms with Gasteiger partial charge in [-0.1, -0.05) is 20.8 Å². The fourth-order valence-electron chi connectivity index (χ4n) is 3.97.